The van der Waals surface area contributed by atoms with Gasteiger partial charge >= 0.3 is 0 Å². The summed E-state index contributed by atoms with van der Waals surface area (Å²) in [6.07, 6.45) is 0. The van der Waals surface area contributed by atoms with E-state index in [1.807, 2.05) is 6.92 Å². The topological polar surface area (TPSA) is 63.5 Å². The van der Waals surface area contributed by atoms with Crippen LogP contribution >= 0.6 is 11.6 Å². The standard InChI is InChI=1S/C10H11ClN2O3/c1-3-12(2)10(14)7-5-4-6-8(9(7)11)13(15)16/h4-6H,3H2,1-2H3. The van der Waals surface area contributed by atoms with Crippen molar-refractivity contribution in [3.8, 4) is 0 Å². The lowest BCUT2D eigenvalue weighted by Crippen LogP contribution is -2.26. The predicted molar refractivity (Wildman–Crippen MR) is 60.7 cm³/mol. The van der Waals surface area contributed by atoms with E-state index in [-0.39, 0.29) is 22.2 Å². The summed E-state index contributed by atoms with van der Waals surface area (Å²) in [5.41, 5.74) is -0.0998. The zero-order chi connectivity index (χ0) is 12.3. The van der Waals surface area contributed by atoms with Crippen LogP contribution in [0.15, 0.2) is 18.2 Å². The summed E-state index contributed by atoms with van der Waals surface area (Å²) in [5.74, 6) is -0.323. The third kappa shape index (κ3) is 2.30. The van der Waals surface area contributed by atoms with Crippen LogP contribution in [-0.4, -0.2) is 29.3 Å². The summed E-state index contributed by atoms with van der Waals surface area (Å²) in [6, 6.07) is 4.19. The van der Waals surface area contributed by atoms with Gasteiger partial charge in [0.2, 0.25) is 0 Å². The highest BCUT2D eigenvalue weighted by Gasteiger charge is 2.21. The van der Waals surface area contributed by atoms with Gasteiger partial charge in [0.1, 0.15) is 5.02 Å². The van der Waals surface area contributed by atoms with E-state index in [9.17, 15) is 14.9 Å². The van der Waals surface area contributed by atoms with Crippen molar-refractivity contribution in [1.82, 2.24) is 4.90 Å². The second-order valence-corrected chi connectivity index (χ2v) is 3.59. The van der Waals surface area contributed by atoms with Gasteiger partial charge in [-0.25, -0.2) is 0 Å². The van der Waals surface area contributed by atoms with Crippen LogP contribution in [0.3, 0.4) is 0 Å². The number of hydrogen-bond acceptors (Lipinski definition) is 3. The van der Waals surface area contributed by atoms with E-state index in [0.29, 0.717) is 6.54 Å². The Balaban J connectivity index is 3.20. The summed E-state index contributed by atoms with van der Waals surface area (Å²) in [7, 11) is 1.61. The van der Waals surface area contributed by atoms with Gasteiger partial charge in [-0.2, -0.15) is 0 Å². The molecule has 5 nitrogen and oxygen atoms in total. The van der Waals surface area contributed by atoms with Crippen LogP contribution in [0.2, 0.25) is 5.02 Å². The summed E-state index contributed by atoms with van der Waals surface area (Å²) in [5, 5.41) is 10.5. The lowest BCUT2D eigenvalue weighted by Gasteiger charge is -2.14. The van der Waals surface area contributed by atoms with Crippen LogP contribution in [0.5, 0.6) is 0 Å². The van der Waals surface area contributed by atoms with Crippen molar-refractivity contribution in [2.45, 2.75) is 6.92 Å². The molecule has 0 aliphatic carbocycles. The fraction of sp³-hybridized carbons (Fsp3) is 0.300. The van der Waals surface area contributed by atoms with Crippen molar-refractivity contribution in [3.05, 3.63) is 38.9 Å². The zero-order valence-electron chi connectivity index (χ0n) is 8.94. The van der Waals surface area contributed by atoms with E-state index >= 15 is 0 Å². The van der Waals surface area contributed by atoms with Crippen molar-refractivity contribution < 1.29 is 9.72 Å². The first-order valence-corrected chi connectivity index (χ1v) is 5.05. The van der Waals surface area contributed by atoms with Gasteiger partial charge in [0.15, 0.2) is 0 Å². The normalized spacial score (nSPS) is 9.94. The van der Waals surface area contributed by atoms with Crippen LogP contribution in [0, 0.1) is 10.1 Å². The number of benzene rings is 1. The van der Waals surface area contributed by atoms with Crippen LogP contribution in [0.1, 0.15) is 17.3 Å². The van der Waals surface area contributed by atoms with Crippen molar-refractivity contribution in [1.29, 1.82) is 0 Å². The summed E-state index contributed by atoms with van der Waals surface area (Å²) in [4.78, 5) is 23.3. The highest BCUT2D eigenvalue weighted by atomic mass is 35.5. The van der Waals surface area contributed by atoms with Crippen LogP contribution in [-0.2, 0) is 0 Å². The molecular formula is C10H11ClN2O3. The van der Waals surface area contributed by atoms with E-state index in [1.54, 1.807) is 7.05 Å². The molecule has 0 radical (unpaired) electrons. The maximum Gasteiger partial charge on any atom is 0.288 e. The third-order valence-corrected chi connectivity index (χ3v) is 2.62. The number of carbonyl (C=O) groups excluding carboxylic acids is 1. The van der Waals surface area contributed by atoms with E-state index in [4.69, 9.17) is 11.6 Å². The Morgan fingerprint density at radius 1 is 1.56 bits per heavy atom. The number of amides is 1. The number of hydrogen-bond donors (Lipinski definition) is 0. The van der Waals surface area contributed by atoms with E-state index in [0.717, 1.165) is 0 Å². The molecule has 0 aliphatic heterocycles. The van der Waals surface area contributed by atoms with Crippen molar-refractivity contribution in [2.75, 3.05) is 13.6 Å². The number of nitro groups is 1. The number of rotatable bonds is 3. The Morgan fingerprint density at radius 3 is 2.69 bits per heavy atom. The number of nitrogens with zero attached hydrogens (tertiary/aromatic N) is 2. The highest BCUT2D eigenvalue weighted by Crippen LogP contribution is 2.28. The minimum atomic E-state index is -0.606. The monoisotopic (exact) mass is 242 g/mol. The molecule has 0 unspecified atom stereocenters. The number of nitro benzene ring substituents is 1. The fourth-order valence-electron chi connectivity index (χ4n) is 1.18. The Hall–Kier alpha value is -1.62. The maximum atomic E-state index is 11.8. The minimum absolute atomic E-state index is 0.113. The Morgan fingerprint density at radius 2 is 2.19 bits per heavy atom. The molecule has 0 heterocycles. The second kappa shape index (κ2) is 4.94. The van der Waals surface area contributed by atoms with E-state index in [1.165, 1.54) is 23.1 Å². The van der Waals surface area contributed by atoms with E-state index < -0.39 is 4.92 Å². The molecule has 1 amide bonds. The first-order valence-electron chi connectivity index (χ1n) is 4.67. The largest absolute Gasteiger partial charge is 0.342 e. The lowest BCUT2D eigenvalue weighted by atomic mass is 10.2. The molecule has 0 aromatic heterocycles. The molecule has 0 N–H and O–H groups in total. The van der Waals surface area contributed by atoms with Gasteiger partial charge < -0.3 is 4.90 Å². The Bertz CT molecular complexity index is 434. The van der Waals surface area contributed by atoms with Crippen LogP contribution in [0.4, 0.5) is 5.69 Å². The van der Waals surface area contributed by atoms with Crippen molar-refractivity contribution in [3.63, 3.8) is 0 Å². The molecule has 0 saturated carbocycles. The lowest BCUT2D eigenvalue weighted by molar-refractivity contribution is -0.384. The predicted octanol–water partition coefficient (Wildman–Crippen LogP) is 2.34. The van der Waals surface area contributed by atoms with Crippen LogP contribution in [0.25, 0.3) is 0 Å². The van der Waals surface area contributed by atoms with Gasteiger partial charge in [0.05, 0.1) is 10.5 Å². The molecule has 0 fully saturated rings. The molecule has 0 bridgehead atoms. The van der Waals surface area contributed by atoms with E-state index in [2.05, 4.69) is 0 Å². The fourth-order valence-corrected chi connectivity index (χ4v) is 1.45. The highest BCUT2D eigenvalue weighted by molar-refractivity contribution is 6.35. The summed E-state index contributed by atoms with van der Waals surface area (Å²) < 4.78 is 0. The minimum Gasteiger partial charge on any atom is -0.342 e. The van der Waals surface area contributed by atoms with Crippen molar-refractivity contribution >= 4 is 23.2 Å². The second-order valence-electron chi connectivity index (χ2n) is 3.22. The average molecular weight is 243 g/mol. The van der Waals surface area contributed by atoms with Gasteiger partial charge in [-0.1, -0.05) is 17.7 Å². The first-order chi connectivity index (χ1) is 7.49. The molecule has 86 valence electrons. The molecule has 0 saturated heterocycles. The third-order valence-electron chi connectivity index (χ3n) is 2.23. The summed E-state index contributed by atoms with van der Waals surface area (Å²) in [6.45, 7) is 2.32. The zero-order valence-corrected chi connectivity index (χ0v) is 9.69. The molecule has 0 spiro atoms. The Labute approximate surface area is 97.8 Å². The van der Waals surface area contributed by atoms with Crippen LogP contribution < -0.4 is 0 Å². The maximum absolute atomic E-state index is 11.8. The average Bonchev–Trinajstić information content (AvgIpc) is 2.27. The number of carbonyl (C=O) groups is 1. The van der Waals surface area contributed by atoms with Gasteiger partial charge in [-0.3, -0.25) is 14.9 Å². The molecule has 0 atom stereocenters. The molecule has 1 aromatic carbocycles. The van der Waals surface area contributed by atoms with Gasteiger partial charge in [0, 0.05) is 19.7 Å². The Kier molecular flexibility index (Phi) is 3.84. The molecule has 16 heavy (non-hydrogen) atoms. The van der Waals surface area contributed by atoms with Gasteiger partial charge in [0.25, 0.3) is 11.6 Å². The number of halogens is 1. The molecule has 1 aromatic rings. The molecular weight excluding hydrogens is 232 g/mol. The smallest absolute Gasteiger partial charge is 0.288 e. The molecule has 1 rings (SSSR count). The first kappa shape index (κ1) is 12.4. The van der Waals surface area contributed by atoms with Gasteiger partial charge in [-0.15, -0.1) is 0 Å². The SMILES string of the molecule is CCN(C)C(=O)c1cccc([N+](=O)[O-])c1Cl. The molecule has 0 aliphatic rings. The van der Waals surface area contributed by atoms with Crippen molar-refractivity contribution in [2.24, 2.45) is 0 Å². The summed E-state index contributed by atoms with van der Waals surface area (Å²) >= 11 is 5.81. The molecule has 6 heteroatoms. The van der Waals surface area contributed by atoms with Gasteiger partial charge in [-0.05, 0) is 13.0 Å². The quantitative estimate of drug-likeness (QED) is 0.604.